The van der Waals surface area contributed by atoms with Gasteiger partial charge >= 0.3 is 5.97 Å². The first-order chi connectivity index (χ1) is 11.5. The molecule has 0 radical (unpaired) electrons. The van der Waals surface area contributed by atoms with Crippen LogP contribution in [-0.2, 0) is 16.1 Å². The highest BCUT2D eigenvalue weighted by Crippen LogP contribution is 2.16. The lowest BCUT2D eigenvalue weighted by Crippen LogP contribution is -2.36. The van der Waals surface area contributed by atoms with Crippen LogP contribution in [0.2, 0.25) is 0 Å². The van der Waals surface area contributed by atoms with Gasteiger partial charge in [-0.3, -0.25) is 9.59 Å². The van der Waals surface area contributed by atoms with E-state index in [0.29, 0.717) is 6.54 Å². The Balaban J connectivity index is 2.17. The van der Waals surface area contributed by atoms with Crippen LogP contribution in [0.1, 0.15) is 23.0 Å². The largest absolute Gasteiger partial charge is 0.497 e. The van der Waals surface area contributed by atoms with Crippen molar-refractivity contribution in [3.8, 4) is 5.75 Å². The molecule has 0 bridgehead atoms. The number of furan rings is 1. The molecule has 0 fully saturated rings. The smallest absolute Gasteiger partial charge is 0.310 e. The molecule has 1 aromatic carbocycles. The molecule has 24 heavy (non-hydrogen) atoms. The Labute approximate surface area is 141 Å². The van der Waals surface area contributed by atoms with Crippen molar-refractivity contribution in [2.24, 2.45) is 5.92 Å². The molecule has 0 saturated heterocycles. The number of benzene rings is 1. The van der Waals surface area contributed by atoms with E-state index < -0.39 is 5.92 Å². The number of amides is 1. The van der Waals surface area contributed by atoms with Crippen molar-refractivity contribution in [3.63, 3.8) is 0 Å². The van der Waals surface area contributed by atoms with Crippen LogP contribution in [0.3, 0.4) is 0 Å². The minimum atomic E-state index is -0.438. The number of nitrogens with zero attached hydrogens (tertiary/aromatic N) is 1. The zero-order valence-corrected chi connectivity index (χ0v) is 14.0. The van der Waals surface area contributed by atoms with Crippen molar-refractivity contribution in [3.05, 3.63) is 54.0 Å². The first-order valence-corrected chi connectivity index (χ1v) is 7.58. The van der Waals surface area contributed by atoms with Gasteiger partial charge in [0.2, 0.25) is 0 Å². The average molecular weight is 331 g/mol. The molecule has 0 saturated carbocycles. The molecule has 128 valence electrons. The normalized spacial score (nSPS) is 11.6. The van der Waals surface area contributed by atoms with E-state index in [0.717, 1.165) is 11.3 Å². The van der Waals surface area contributed by atoms with Crippen molar-refractivity contribution < 1.29 is 23.5 Å². The third kappa shape index (κ3) is 4.38. The van der Waals surface area contributed by atoms with Crippen LogP contribution in [0.5, 0.6) is 5.75 Å². The predicted molar refractivity (Wildman–Crippen MR) is 87.6 cm³/mol. The van der Waals surface area contributed by atoms with Gasteiger partial charge in [-0.2, -0.15) is 0 Å². The Morgan fingerprint density at radius 2 is 1.88 bits per heavy atom. The summed E-state index contributed by atoms with van der Waals surface area (Å²) in [6, 6.07) is 10.7. The van der Waals surface area contributed by atoms with Crippen LogP contribution in [0, 0.1) is 5.92 Å². The molecule has 6 heteroatoms. The Morgan fingerprint density at radius 3 is 2.42 bits per heavy atom. The van der Waals surface area contributed by atoms with E-state index in [9.17, 15) is 9.59 Å². The zero-order chi connectivity index (χ0) is 17.5. The zero-order valence-electron chi connectivity index (χ0n) is 14.0. The number of hydrogen-bond donors (Lipinski definition) is 0. The Hall–Kier alpha value is -2.76. The number of ether oxygens (including phenoxy) is 2. The maximum atomic E-state index is 12.6. The van der Waals surface area contributed by atoms with Crippen molar-refractivity contribution in [2.45, 2.75) is 13.5 Å². The minimum absolute atomic E-state index is 0.234. The summed E-state index contributed by atoms with van der Waals surface area (Å²) >= 11 is 0. The van der Waals surface area contributed by atoms with Gasteiger partial charge in [-0.15, -0.1) is 0 Å². The van der Waals surface area contributed by atoms with Gasteiger partial charge < -0.3 is 18.8 Å². The first kappa shape index (κ1) is 17.6. The summed E-state index contributed by atoms with van der Waals surface area (Å²) in [6.45, 7) is 2.31. The lowest BCUT2D eigenvalue weighted by Gasteiger charge is -2.24. The molecular weight excluding hydrogens is 310 g/mol. The number of hydrogen-bond acceptors (Lipinski definition) is 5. The summed E-state index contributed by atoms with van der Waals surface area (Å²) in [6.07, 6.45) is 1.45. The minimum Gasteiger partial charge on any atom is -0.497 e. The lowest BCUT2D eigenvalue weighted by molar-refractivity contribution is -0.145. The van der Waals surface area contributed by atoms with Crippen LogP contribution >= 0.6 is 0 Å². The highest BCUT2D eigenvalue weighted by Gasteiger charge is 2.24. The fourth-order valence-corrected chi connectivity index (χ4v) is 2.33. The Morgan fingerprint density at radius 1 is 1.17 bits per heavy atom. The molecule has 0 spiro atoms. The van der Waals surface area contributed by atoms with E-state index in [1.54, 1.807) is 31.1 Å². The summed E-state index contributed by atoms with van der Waals surface area (Å²) in [5.41, 5.74) is 0.924. The SMILES string of the molecule is COC(=O)C(C)CN(Cc1ccc(OC)cc1)C(=O)c1ccco1. The second kappa shape index (κ2) is 8.19. The second-order valence-corrected chi connectivity index (χ2v) is 5.44. The van der Waals surface area contributed by atoms with Gasteiger partial charge in [-0.25, -0.2) is 0 Å². The van der Waals surface area contributed by atoms with Crippen LogP contribution in [0.4, 0.5) is 0 Å². The molecular formula is C18H21NO5. The maximum absolute atomic E-state index is 12.6. The van der Waals surface area contributed by atoms with Gasteiger partial charge in [0.25, 0.3) is 5.91 Å². The monoisotopic (exact) mass is 331 g/mol. The fraction of sp³-hybridized carbons (Fsp3) is 0.333. The number of methoxy groups -OCH3 is 2. The molecule has 1 unspecified atom stereocenters. The number of carbonyl (C=O) groups excluding carboxylic acids is 2. The average Bonchev–Trinajstić information content (AvgIpc) is 3.14. The van der Waals surface area contributed by atoms with E-state index in [1.807, 2.05) is 24.3 Å². The van der Waals surface area contributed by atoms with Gasteiger partial charge in [-0.05, 0) is 29.8 Å². The highest BCUT2D eigenvalue weighted by molar-refractivity contribution is 5.91. The van der Waals surface area contributed by atoms with Gasteiger partial charge in [0, 0.05) is 13.1 Å². The predicted octanol–water partition coefficient (Wildman–Crippen LogP) is 2.74. The molecule has 6 nitrogen and oxygen atoms in total. The van der Waals surface area contributed by atoms with Gasteiger partial charge in [0.1, 0.15) is 5.75 Å². The fourth-order valence-electron chi connectivity index (χ4n) is 2.33. The van der Waals surface area contributed by atoms with Crippen LogP contribution < -0.4 is 4.74 Å². The quantitative estimate of drug-likeness (QED) is 0.730. The van der Waals surface area contributed by atoms with Crippen molar-refractivity contribution in [1.29, 1.82) is 0 Å². The molecule has 1 aromatic heterocycles. The molecule has 1 atom stereocenters. The highest BCUT2D eigenvalue weighted by atomic mass is 16.5. The third-order valence-corrected chi connectivity index (χ3v) is 3.65. The standard InChI is InChI=1S/C18H21NO5/c1-13(18(21)23-3)11-19(17(20)16-5-4-10-24-16)12-14-6-8-15(22-2)9-7-14/h4-10,13H,11-12H2,1-3H3. The van der Waals surface area contributed by atoms with E-state index >= 15 is 0 Å². The van der Waals surface area contributed by atoms with Gasteiger partial charge in [-0.1, -0.05) is 19.1 Å². The molecule has 2 aromatic rings. The molecule has 0 aliphatic carbocycles. The molecule has 1 heterocycles. The van der Waals surface area contributed by atoms with E-state index in [1.165, 1.54) is 13.4 Å². The van der Waals surface area contributed by atoms with Crippen LogP contribution in [-0.4, -0.2) is 37.5 Å². The Kier molecular flexibility index (Phi) is 6.01. The number of carbonyl (C=O) groups is 2. The summed E-state index contributed by atoms with van der Waals surface area (Å²) < 4.78 is 15.1. The van der Waals surface area contributed by atoms with Crippen molar-refractivity contribution >= 4 is 11.9 Å². The van der Waals surface area contributed by atoms with E-state index in [4.69, 9.17) is 13.9 Å². The number of rotatable bonds is 7. The topological polar surface area (TPSA) is 69.0 Å². The summed E-state index contributed by atoms with van der Waals surface area (Å²) in [5, 5.41) is 0. The van der Waals surface area contributed by atoms with Crippen molar-refractivity contribution in [2.75, 3.05) is 20.8 Å². The Bertz CT molecular complexity index is 663. The van der Waals surface area contributed by atoms with Gasteiger partial charge in [0.15, 0.2) is 5.76 Å². The van der Waals surface area contributed by atoms with Crippen LogP contribution in [0.25, 0.3) is 0 Å². The van der Waals surface area contributed by atoms with Crippen LogP contribution in [0.15, 0.2) is 47.1 Å². The first-order valence-electron chi connectivity index (χ1n) is 7.58. The molecule has 0 N–H and O–H groups in total. The molecule has 0 aliphatic rings. The van der Waals surface area contributed by atoms with Crippen molar-refractivity contribution in [1.82, 2.24) is 4.90 Å². The number of esters is 1. The maximum Gasteiger partial charge on any atom is 0.310 e. The third-order valence-electron chi connectivity index (χ3n) is 3.65. The van der Waals surface area contributed by atoms with E-state index in [-0.39, 0.29) is 24.2 Å². The van der Waals surface area contributed by atoms with E-state index in [2.05, 4.69) is 0 Å². The molecule has 2 rings (SSSR count). The summed E-state index contributed by atoms with van der Waals surface area (Å²) in [7, 11) is 2.93. The second-order valence-electron chi connectivity index (χ2n) is 5.44. The summed E-state index contributed by atoms with van der Waals surface area (Å²) in [4.78, 5) is 25.9. The van der Waals surface area contributed by atoms with Gasteiger partial charge in [0.05, 0.1) is 26.4 Å². The summed E-state index contributed by atoms with van der Waals surface area (Å²) in [5.74, 6) is -0.0909. The molecule has 1 amide bonds. The molecule has 0 aliphatic heterocycles. The lowest BCUT2D eigenvalue weighted by atomic mass is 10.1.